The van der Waals surface area contributed by atoms with Crippen molar-refractivity contribution in [2.45, 2.75) is 31.7 Å². The van der Waals surface area contributed by atoms with Gasteiger partial charge in [-0.05, 0) is 30.5 Å². The molecule has 1 aliphatic heterocycles. The highest BCUT2D eigenvalue weighted by Crippen LogP contribution is 2.37. The minimum absolute atomic E-state index is 0.117. The van der Waals surface area contributed by atoms with Crippen molar-refractivity contribution in [2.75, 3.05) is 13.7 Å². The summed E-state index contributed by atoms with van der Waals surface area (Å²) in [6.45, 7) is 0.716. The molecule has 1 aromatic rings. The Balaban J connectivity index is 2.03. The van der Waals surface area contributed by atoms with Gasteiger partial charge in [0.25, 0.3) is 0 Å². The number of halogens is 1. The molecule has 19 heavy (non-hydrogen) atoms. The second-order valence-electron chi connectivity index (χ2n) is 4.66. The second-order valence-corrected chi connectivity index (χ2v) is 5.57. The topological polar surface area (TPSA) is 61.5 Å². The van der Waals surface area contributed by atoms with E-state index in [0.29, 0.717) is 13.0 Å². The van der Waals surface area contributed by atoms with Crippen molar-refractivity contribution in [3.05, 3.63) is 27.7 Å². The number of hydrogen-bond acceptors (Lipinski definition) is 4. The Morgan fingerprint density at radius 3 is 3.11 bits per heavy atom. The summed E-state index contributed by atoms with van der Waals surface area (Å²) in [5, 5.41) is 0. The summed E-state index contributed by atoms with van der Waals surface area (Å²) in [6.07, 6.45) is 2.79. The smallest absolute Gasteiger partial charge is 0.305 e. The number of ether oxygens (including phenoxy) is 2. The lowest BCUT2D eigenvalue weighted by Crippen LogP contribution is -2.12. The standard InChI is InChI=1S/C14H18BrNO3/c1-18-13(17)4-2-3-12(16)11-8-10(15)7-9-5-6-19-14(9)11/h7-8,12H,2-6,16H2,1H3. The minimum Gasteiger partial charge on any atom is -0.493 e. The number of fused-ring (bicyclic) bond motifs is 1. The van der Waals surface area contributed by atoms with Gasteiger partial charge in [0.2, 0.25) is 0 Å². The number of benzene rings is 1. The Kier molecular flexibility index (Phi) is 4.82. The molecule has 2 rings (SSSR count). The lowest BCUT2D eigenvalue weighted by molar-refractivity contribution is -0.140. The van der Waals surface area contributed by atoms with E-state index in [-0.39, 0.29) is 12.0 Å². The maximum atomic E-state index is 11.1. The van der Waals surface area contributed by atoms with Crippen LogP contribution in [0.3, 0.4) is 0 Å². The molecule has 4 nitrogen and oxygen atoms in total. The van der Waals surface area contributed by atoms with Crippen molar-refractivity contribution in [2.24, 2.45) is 5.73 Å². The SMILES string of the molecule is COC(=O)CCCC(N)c1cc(Br)cc2c1OCC2. The van der Waals surface area contributed by atoms with Gasteiger partial charge < -0.3 is 15.2 Å². The van der Waals surface area contributed by atoms with Crippen LogP contribution in [0.15, 0.2) is 16.6 Å². The molecule has 2 N–H and O–H groups in total. The zero-order valence-electron chi connectivity index (χ0n) is 10.9. The Morgan fingerprint density at radius 1 is 1.58 bits per heavy atom. The van der Waals surface area contributed by atoms with Crippen LogP contribution in [0.5, 0.6) is 5.75 Å². The average Bonchev–Trinajstić information content (AvgIpc) is 2.85. The number of esters is 1. The molecule has 1 aromatic carbocycles. The molecule has 0 aromatic heterocycles. The van der Waals surface area contributed by atoms with E-state index in [1.807, 2.05) is 6.07 Å². The fraction of sp³-hybridized carbons (Fsp3) is 0.500. The van der Waals surface area contributed by atoms with Gasteiger partial charge in [0.15, 0.2) is 0 Å². The number of carbonyl (C=O) groups excluding carboxylic acids is 1. The van der Waals surface area contributed by atoms with Crippen molar-refractivity contribution < 1.29 is 14.3 Å². The normalized spacial score (nSPS) is 14.7. The van der Waals surface area contributed by atoms with Crippen LogP contribution in [-0.4, -0.2) is 19.7 Å². The number of methoxy groups -OCH3 is 1. The zero-order valence-corrected chi connectivity index (χ0v) is 12.5. The van der Waals surface area contributed by atoms with Crippen molar-refractivity contribution in [1.29, 1.82) is 0 Å². The first-order valence-electron chi connectivity index (χ1n) is 6.39. The third-order valence-corrected chi connectivity index (χ3v) is 3.76. The molecular weight excluding hydrogens is 310 g/mol. The number of hydrogen-bond donors (Lipinski definition) is 1. The van der Waals surface area contributed by atoms with Crippen LogP contribution in [0.1, 0.15) is 36.4 Å². The maximum Gasteiger partial charge on any atom is 0.305 e. The predicted molar refractivity (Wildman–Crippen MR) is 76.1 cm³/mol. The first-order chi connectivity index (χ1) is 9.11. The molecule has 0 saturated heterocycles. The highest BCUT2D eigenvalue weighted by atomic mass is 79.9. The lowest BCUT2D eigenvalue weighted by Gasteiger charge is -2.16. The van der Waals surface area contributed by atoms with Crippen LogP contribution >= 0.6 is 15.9 Å². The molecule has 0 bridgehead atoms. The summed E-state index contributed by atoms with van der Waals surface area (Å²) in [4.78, 5) is 11.1. The zero-order chi connectivity index (χ0) is 13.8. The largest absolute Gasteiger partial charge is 0.493 e. The minimum atomic E-state index is -0.192. The molecule has 104 valence electrons. The van der Waals surface area contributed by atoms with Crippen molar-refractivity contribution in [1.82, 2.24) is 0 Å². The van der Waals surface area contributed by atoms with Gasteiger partial charge in [-0.25, -0.2) is 0 Å². The Labute approximate surface area is 121 Å². The first kappa shape index (κ1) is 14.3. The van der Waals surface area contributed by atoms with Crippen molar-refractivity contribution in [3.8, 4) is 5.75 Å². The van der Waals surface area contributed by atoms with E-state index in [9.17, 15) is 4.79 Å². The summed E-state index contributed by atoms with van der Waals surface area (Å²) in [5.41, 5.74) is 8.43. The number of carbonyl (C=O) groups is 1. The second kappa shape index (κ2) is 6.39. The van der Waals surface area contributed by atoms with Crippen molar-refractivity contribution >= 4 is 21.9 Å². The van der Waals surface area contributed by atoms with E-state index in [1.54, 1.807) is 0 Å². The summed E-state index contributed by atoms with van der Waals surface area (Å²) >= 11 is 3.50. The van der Waals surface area contributed by atoms with E-state index in [4.69, 9.17) is 10.5 Å². The highest BCUT2D eigenvalue weighted by molar-refractivity contribution is 9.10. The molecule has 1 atom stereocenters. The fourth-order valence-corrected chi connectivity index (χ4v) is 2.82. The van der Waals surface area contributed by atoms with Crippen LogP contribution in [0, 0.1) is 0 Å². The van der Waals surface area contributed by atoms with E-state index < -0.39 is 0 Å². The number of nitrogens with two attached hydrogens (primary N) is 1. The monoisotopic (exact) mass is 327 g/mol. The Bertz CT molecular complexity index is 476. The van der Waals surface area contributed by atoms with Gasteiger partial charge >= 0.3 is 5.97 Å². The molecule has 1 unspecified atom stereocenters. The van der Waals surface area contributed by atoms with E-state index in [1.165, 1.54) is 12.7 Å². The van der Waals surface area contributed by atoms with E-state index in [0.717, 1.165) is 35.0 Å². The summed E-state index contributed by atoms with van der Waals surface area (Å²) < 4.78 is 11.3. The molecule has 1 heterocycles. The quantitative estimate of drug-likeness (QED) is 0.844. The van der Waals surface area contributed by atoms with Gasteiger partial charge in [-0.15, -0.1) is 0 Å². The molecule has 0 aliphatic carbocycles. The molecule has 0 amide bonds. The van der Waals surface area contributed by atoms with Gasteiger partial charge in [0.05, 0.1) is 13.7 Å². The molecule has 5 heteroatoms. The summed E-state index contributed by atoms with van der Waals surface area (Å²) in [7, 11) is 1.40. The lowest BCUT2D eigenvalue weighted by atomic mass is 9.98. The molecule has 0 radical (unpaired) electrons. The Hall–Kier alpha value is -1.07. The van der Waals surface area contributed by atoms with Crippen LogP contribution in [0.25, 0.3) is 0 Å². The predicted octanol–water partition coefficient (Wildman–Crippen LogP) is 2.73. The fourth-order valence-electron chi connectivity index (χ4n) is 2.30. The van der Waals surface area contributed by atoms with Crippen molar-refractivity contribution in [3.63, 3.8) is 0 Å². The Morgan fingerprint density at radius 2 is 2.37 bits per heavy atom. The third-order valence-electron chi connectivity index (χ3n) is 3.30. The third kappa shape index (κ3) is 3.48. The van der Waals surface area contributed by atoms with E-state index >= 15 is 0 Å². The molecule has 0 saturated carbocycles. The molecule has 0 fully saturated rings. The van der Waals surface area contributed by atoms with Gasteiger partial charge in [-0.3, -0.25) is 4.79 Å². The van der Waals surface area contributed by atoms with Crippen LogP contribution in [0.4, 0.5) is 0 Å². The maximum absolute atomic E-state index is 11.1. The van der Waals surface area contributed by atoms with Gasteiger partial charge in [-0.2, -0.15) is 0 Å². The first-order valence-corrected chi connectivity index (χ1v) is 7.18. The molecular formula is C14H18BrNO3. The number of rotatable bonds is 5. The van der Waals surface area contributed by atoms with Gasteiger partial charge in [0, 0.05) is 28.9 Å². The van der Waals surface area contributed by atoms with Crippen LogP contribution in [-0.2, 0) is 16.0 Å². The summed E-state index contributed by atoms with van der Waals surface area (Å²) in [5.74, 6) is 0.733. The van der Waals surface area contributed by atoms with Gasteiger partial charge in [0.1, 0.15) is 5.75 Å². The highest BCUT2D eigenvalue weighted by Gasteiger charge is 2.21. The van der Waals surface area contributed by atoms with Gasteiger partial charge in [-0.1, -0.05) is 15.9 Å². The summed E-state index contributed by atoms with van der Waals surface area (Å²) in [6, 6.07) is 3.97. The average molecular weight is 328 g/mol. The van der Waals surface area contributed by atoms with Crippen LogP contribution in [0.2, 0.25) is 0 Å². The van der Waals surface area contributed by atoms with E-state index in [2.05, 4.69) is 26.7 Å². The molecule has 1 aliphatic rings. The van der Waals surface area contributed by atoms with Crippen LogP contribution < -0.4 is 10.5 Å². The molecule has 0 spiro atoms.